The predicted octanol–water partition coefficient (Wildman–Crippen LogP) is 4.63. The fourth-order valence-corrected chi connectivity index (χ4v) is 2.97. The summed E-state index contributed by atoms with van der Waals surface area (Å²) in [5, 5.41) is 14.1. The quantitative estimate of drug-likeness (QED) is 0.480. The number of nitro groups is 1. The van der Waals surface area contributed by atoms with Crippen molar-refractivity contribution in [2.45, 2.75) is 24.5 Å². The number of benzene rings is 2. The summed E-state index contributed by atoms with van der Waals surface area (Å²) in [5.74, 6) is 0.800. The monoisotopic (exact) mass is 302 g/mol. The first-order chi connectivity index (χ1) is 10.1. The average Bonchev–Trinajstić information content (AvgIpc) is 2.45. The lowest BCUT2D eigenvalue weighted by Gasteiger charge is -2.07. The van der Waals surface area contributed by atoms with Crippen molar-refractivity contribution in [2.24, 2.45) is 0 Å². The van der Waals surface area contributed by atoms with Crippen molar-refractivity contribution < 1.29 is 4.92 Å². The smallest absolute Gasteiger partial charge is 0.272 e. The van der Waals surface area contributed by atoms with Crippen LogP contribution in [0.5, 0.6) is 0 Å². The minimum absolute atomic E-state index is 0.125. The van der Waals surface area contributed by atoms with E-state index in [1.165, 1.54) is 11.1 Å². The van der Waals surface area contributed by atoms with Gasteiger partial charge in [-0.05, 0) is 25.5 Å². The molecule has 2 rings (SSSR count). The van der Waals surface area contributed by atoms with Gasteiger partial charge in [-0.25, -0.2) is 0 Å². The number of anilines is 1. The SMILES string of the molecule is CCNc1cc(SCc2cccc(C)c2)cc([N+](=O)[O-])c1. The van der Waals surface area contributed by atoms with Crippen LogP contribution >= 0.6 is 11.8 Å². The normalized spacial score (nSPS) is 10.4. The van der Waals surface area contributed by atoms with E-state index in [9.17, 15) is 10.1 Å². The molecule has 0 atom stereocenters. The fraction of sp³-hybridized carbons (Fsp3) is 0.250. The Hall–Kier alpha value is -2.01. The molecule has 2 aromatic rings. The second-order valence-electron chi connectivity index (χ2n) is 4.78. The molecule has 1 N–H and O–H groups in total. The molecule has 21 heavy (non-hydrogen) atoms. The highest BCUT2D eigenvalue weighted by molar-refractivity contribution is 7.98. The zero-order chi connectivity index (χ0) is 15.2. The van der Waals surface area contributed by atoms with Gasteiger partial charge in [-0.3, -0.25) is 10.1 Å². The van der Waals surface area contributed by atoms with Crippen LogP contribution in [0.3, 0.4) is 0 Å². The summed E-state index contributed by atoms with van der Waals surface area (Å²) in [6.07, 6.45) is 0. The van der Waals surface area contributed by atoms with Gasteiger partial charge in [0.1, 0.15) is 0 Å². The number of rotatable bonds is 6. The van der Waals surface area contributed by atoms with Crippen LogP contribution in [0.15, 0.2) is 47.4 Å². The van der Waals surface area contributed by atoms with E-state index < -0.39 is 0 Å². The van der Waals surface area contributed by atoms with E-state index in [0.717, 1.165) is 22.9 Å². The van der Waals surface area contributed by atoms with Crippen LogP contribution in [0.2, 0.25) is 0 Å². The highest BCUT2D eigenvalue weighted by atomic mass is 32.2. The Bertz CT molecular complexity index is 644. The van der Waals surface area contributed by atoms with E-state index in [2.05, 4.69) is 30.4 Å². The lowest BCUT2D eigenvalue weighted by molar-refractivity contribution is -0.385. The highest BCUT2D eigenvalue weighted by Crippen LogP contribution is 2.30. The van der Waals surface area contributed by atoms with Crippen LogP contribution in [0.1, 0.15) is 18.1 Å². The third-order valence-corrected chi connectivity index (χ3v) is 4.02. The van der Waals surface area contributed by atoms with Crippen molar-refractivity contribution >= 4 is 23.1 Å². The molecule has 0 amide bonds. The van der Waals surface area contributed by atoms with E-state index in [1.807, 2.05) is 19.1 Å². The maximum absolute atomic E-state index is 11.0. The van der Waals surface area contributed by atoms with Crippen LogP contribution < -0.4 is 5.32 Å². The van der Waals surface area contributed by atoms with Crippen molar-refractivity contribution in [3.8, 4) is 0 Å². The van der Waals surface area contributed by atoms with Gasteiger partial charge in [0.15, 0.2) is 0 Å². The summed E-state index contributed by atoms with van der Waals surface area (Å²) < 4.78 is 0. The molecular formula is C16H18N2O2S. The molecule has 0 saturated heterocycles. The molecule has 110 valence electrons. The first kappa shape index (κ1) is 15.4. The largest absolute Gasteiger partial charge is 0.385 e. The van der Waals surface area contributed by atoms with Crippen LogP contribution in [-0.2, 0) is 5.75 Å². The average molecular weight is 302 g/mol. The maximum atomic E-state index is 11.0. The number of hydrogen-bond acceptors (Lipinski definition) is 4. The van der Waals surface area contributed by atoms with E-state index in [4.69, 9.17) is 0 Å². The number of aryl methyl sites for hydroxylation is 1. The molecular weight excluding hydrogens is 284 g/mol. The third kappa shape index (κ3) is 4.49. The van der Waals surface area contributed by atoms with E-state index in [-0.39, 0.29) is 10.6 Å². The predicted molar refractivity (Wildman–Crippen MR) is 88.0 cm³/mol. The minimum atomic E-state index is -0.350. The molecule has 0 unspecified atom stereocenters. The lowest BCUT2D eigenvalue weighted by atomic mass is 10.2. The zero-order valence-corrected chi connectivity index (χ0v) is 12.9. The molecule has 0 heterocycles. The van der Waals surface area contributed by atoms with Gasteiger partial charge < -0.3 is 5.32 Å². The number of nitro benzene ring substituents is 1. The minimum Gasteiger partial charge on any atom is -0.385 e. The number of nitrogens with one attached hydrogen (secondary N) is 1. The maximum Gasteiger partial charge on any atom is 0.272 e. The van der Waals surface area contributed by atoms with Crippen molar-refractivity contribution in [3.63, 3.8) is 0 Å². The summed E-state index contributed by atoms with van der Waals surface area (Å²) in [7, 11) is 0. The molecule has 0 aliphatic rings. The van der Waals surface area contributed by atoms with E-state index >= 15 is 0 Å². The molecule has 0 aliphatic heterocycles. The van der Waals surface area contributed by atoms with Crippen LogP contribution in [0.4, 0.5) is 11.4 Å². The van der Waals surface area contributed by atoms with Gasteiger partial charge in [0, 0.05) is 35.0 Å². The van der Waals surface area contributed by atoms with Crippen LogP contribution in [0.25, 0.3) is 0 Å². The zero-order valence-electron chi connectivity index (χ0n) is 12.1. The highest BCUT2D eigenvalue weighted by Gasteiger charge is 2.10. The summed E-state index contributed by atoms with van der Waals surface area (Å²) in [4.78, 5) is 11.6. The van der Waals surface area contributed by atoms with Crippen LogP contribution in [0, 0.1) is 17.0 Å². The topological polar surface area (TPSA) is 55.2 Å². The second kappa shape index (κ2) is 7.13. The standard InChI is InChI=1S/C16H18N2O2S/c1-3-17-14-8-15(18(19)20)10-16(9-14)21-11-13-6-4-5-12(2)7-13/h4-10,17H,3,11H2,1-2H3. The van der Waals surface area contributed by atoms with Gasteiger partial charge in [0.2, 0.25) is 0 Å². The molecule has 4 nitrogen and oxygen atoms in total. The van der Waals surface area contributed by atoms with Crippen LogP contribution in [-0.4, -0.2) is 11.5 Å². The molecule has 0 radical (unpaired) electrons. The lowest BCUT2D eigenvalue weighted by Crippen LogP contribution is -1.98. The molecule has 0 aromatic heterocycles. The van der Waals surface area contributed by atoms with Crippen molar-refractivity contribution in [3.05, 3.63) is 63.7 Å². The Labute approximate surface area is 128 Å². The summed E-state index contributed by atoms with van der Waals surface area (Å²) >= 11 is 1.61. The summed E-state index contributed by atoms with van der Waals surface area (Å²) in [5.41, 5.74) is 3.36. The number of hydrogen-bond donors (Lipinski definition) is 1. The fourth-order valence-electron chi connectivity index (χ4n) is 2.05. The first-order valence-corrected chi connectivity index (χ1v) is 7.78. The van der Waals surface area contributed by atoms with Crippen molar-refractivity contribution in [1.29, 1.82) is 0 Å². The molecule has 0 fully saturated rings. The van der Waals surface area contributed by atoms with Gasteiger partial charge in [-0.2, -0.15) is 0 Å². The molecule has 5 heteroatoms. The molecule has 0 spiro atoms. The Morgan fingerprint density at radius 2 is 2.05 bits per heavy atom. The molecule has 0 saturated carbocycles. The number of nitrogens with zero attached hydrogens (tertiary/aromatic N) is 1. The third-order valence-electron chi connectivity index (χ3n) is 2.97. The molecule has 2 aromatic carbocycles. The Morgan fingerprint density at radius 1 is 1.24 bits per heavy atom. The van der Waals surface area contributed by atoms with Gasteiger partial charge in [-0.1, -0.05) is 29.8 Å². The Kier molecular flexibility index (Phi) is 5.22. The Morgan fingerprint density at radius 3 is 2.71 bits per heavy atom. The number of non-ortho nitro benzene ring substituents is 1. The Balaban J connectivity index is 2.16. The molecule has 0 aliphatic carbocycles. The van der Waals surface area contributed by atoms with Crippen molar-refractivity contribution in [1.82, 2.24) is 0 Å². The van der Waals surface area contributed by atoms with Gasteiger partial charge in [-0.15, -0.1) is 11.8 Å². The first-order valence-electron chi connectivity index (χ1n) is 6.80. The van der Waals surface area contributed by atoms with Crippen molar-refractivity contribution in [2.75, 3.05) is 11.9 Å². The van der Waals surface area contributed by atoms with Gasteiger partial charge >= 0.3 is 0 Å². The summed E-state index contributed by atoms with van der Waals surface area (Å²) in [6.45, 7) is 4.77. The summed E-state index contributed by atoms with van der Waals surface area (Å²) in [6, 6.07) is 13.4. The van der Waals surface area contributed by atoms with E-state index in [1.54, 1.807) is 23.9 Å². The van der Waals surface area contributed by atoms with Gasteiger partial charge in [0.25, 0.3) is 5.69 Å². The number of thioether (sulfide) groups is 1. The van der Waals surface area contributed by atoms with E-state index in [0.29, 0.717) is 0 Å². The molecule has 0 bridgehead atoms. The second-order valence-corrected chi connectivity index (χ2v) is 5.83. The van der Waals surface area contributed by atoms with Gasteiger partial charge in [0.05, 0.1) is 4.92 Å².